The average Bonchev–Trinajstić information content (AvgIpc) is 3.20. The van der Waals surface area contributed by atoms with Crippen molar-refractivity contribution in [1.82, 2.24) is 14.9 Å². The molecule has 0 radical (unpaired) electrons. The number of hydrogen-bond acceptors (Lipinski definition) is 8. The van der Waals surface area contributed by atoms with Gasteiger partial charge in [-0.3, -0.25) is 0 Å². The number of nitrogens with zero attached hydrogens (tertiary/aromatic N) is 4. The summed E-state index contributed by atoms with van der Waals surface area (Å²) >= 11 is 0. The predicted molar refractivity (Wildman–Crippen MR) is 149 cm³/mol. The smallest absolute Gasteiger partial charge is 0.410 e. The van der Waals surface area contributed by atoms with Crippen LogP contribution in [0.1, 0.15) is 74.9 Å². The number of aromatic nitrogens is 2. The third kappa shape index (κ3) is 5.93. The minimum absolute atomic E-state index is 0.239. The van der Waals surface area contributed by atoms with Crippen LogP contribution in [0.4, 0.5) is 22.1 Å². The second-order valence-electron chi connectivity index (χ2n) is 11.8. The van der Waals surface area contributed by atoms with Gasteiger partial charge < -0.3 is 30.0 Å². The Kier molecular flexibility index (Phi) is 7.31. The summed E-state index contributed by atoms with van der Waals surface area (Å²) in [4.78, 5) is 26.0. The number of carbonyl (C=O) groups is 1. The standard InChI is InChI=1S/C29H40N6O3/c1-18-12-21(15-30)25(13-24(18)20-8-10-34(11-9-20)28(36)38-29(3,4)5)33-26-14-27(32-19(2)31-26)35-16-22-6-7-23(17-35)37-22/h12-15,20,22-23,30H,6-11,16-17H2,1-5H3,(H,31,32,33). The van der Waals surface area contributed by atoms with Gasteiger partial charge in [-0.1, -0.05) is 0 Å². The van der Waals surface area contributed by atoms with E-state index in [0.717, 1.165) is 67.2 Å². The van der Waals surface area contributed by atoms with Crippen molar-refractivity contribution in [3.8, 4) is 0 Å². The van der Waals surface area contributed by atoms with Crippen LogP contribution in [-0.4, -0.2) is 71.2 Å². The Morgan fingerprint density at radius 1 is 1.08 bits per heavy atom. The van der Waals surface area contributed by atoms with E-state index in [-0.39, 0.29) is 18.3 Å². The summed E-state index contributed by atoms with van der Waals surface area (Å²) < 4.78 is 11.6. The Labute approximate surface area is 225 Å². The molecule has 9 nitrogen and oxygen atoms in total. The van der Waals surface area contributed by atoms with Gasteiger partial charge in [0, 0.05) is 49.7 Å². The van der Waals surface area contributed by atoms with Gasteiger partial charge in [0.2, 0.25) is 0 Å². The molecule has 3 saturated heterocycles. The number of hydrogen-bond donors (Lipinski definition) is 2. The third-order valence-corrected chi connectivity index (χ3v) is 7.63. The fraction of sp³-hybridized carbons (Fsp3) is 0.586. The number of nitrogens with one attached hydrogen (secondary N) is 2. The number of morpholine rings is 1. The van der Waals surface area contributed by atoms with Gasteiger partial charge in [-0.2, -0.15) is 0 Å². The number of piperidine rings is 1. The Morgan fingerprint density at radius 3 is 2.39 bits per heavy atom. The maximum absolute atomic E-state index is 12.5. The number of aryl methyl sites for hydroxylation is 2. The Morgan fingerprint density at radius 2 is 1.76 bits per heavy atom. The van der Waals surface area contributed by atoms with Crippen molar-refractivity contribution in [3.63, 3.8) is 0 Å². The number of amides is 1. The van der Waals surface area contributed by atoms with Crippen molar-refractivity contribution in [2.75, 3.05) is 36.4 Å². The number of carbonyl (C=O) groups excluding carboxylic acids is 1. The van der Waals surface area contributed by atoms with E-state index in [0.29, 0.717) is 24.8 Å². The Hall–Kier alpha value is -3.20. The first-order chi connectivity index (χ1) is 18.1. The van der Waals surface area contributed by atoms with Crippen molar-refractivity contribution in [2.24, 2.45) is 0 Å². The quantitative estimate of drug-likeness (QED) is 0.515. The Bertz CT molecular complexity index is 1190. The fourth-order valence-corrected chi connectivity index (χ4v) is 5.83. The van der Waals surface area contributed by atoms with Crippen LogP contribution in [0.2, 0.25) is 0 Å². The molecule has 3 aliphatic heterocycles. The van der Waals surface area contributed by atoms with E-state index < -0.39 is 5.60 Å². The maximum Gasteiger partial charge on any atom is 0.410 e. The molecule has 2 bridgehead atoms. The van der Waals surface area contributed by atoms with Crippen LogP contribution in [0, 0.1) is 19.3 Å². The van der Waals surface area contributed by atoms with Crippen molar-refractivity contribution < 1.29 is 14.3 Å². The molecule has 3 aliphatic rings. The highest BCUT2D eigenvalue weighted by Crippen LogP contribution is 2.35. The van der Waals surface area contributed by atoms with Crippen molar-refractivity contribution >= 4 is 29.6 Å². The monoisotopic (exact) mass is 520 g/mol. The molecular formula is C29H40N6O3. The molecule has 204 valence electrons. The van der Waals surface area contributed by atoms with Gasteiger partial charge in [-0.15, -0.1) is 0 Å². The van der Waals surface area contributed by atoms with Gasteiger partial charge in [-0.05, 0) is 89.5 Å². The van der Waals surface area contributed by atoms with Gasteiger partial charge >= 0.3 is 6.09 Å². The van der Waals surface area contributed by atoms with E-state index in [4.69, 9.17) is 19.9 Å². The molecule has 9 heteroatoms. The van der Waals surface area contributed by atoms with Crippen LogP contribution in [0.3, 0.4) is 0 Å². The Balaban J connectivity index is 1.33. The first-order valence-electron chi connectivity index (χ1n) is 13.7. The molecule has 4 heterocycles. The highest BCUT2D eigenvalue weighted by atomic mass is 16.6. The summed E-state index contributed by atoms with van der Waals surface area (Å²) in [5.41, 5.74) is 3.60. The van der Waals surface area contributed by atoms with E-state index in [1.54, 1.807) is 0 Å². The zero-order chi connectivity index (χ0) is 27.0. The lowest BCUT2D eigenvalue weighted by Crippen LogP contribution is -2.43. The van der Waals surface area contributed by atoms with Crippen LogP contribution in [-0.2, 0) is 9.47 Å². The molecule has 0 spiro atoms. The number of fused-ring (bicyclic) bond motifs is 2. The van der Waals surface area contributed by atoms with Gasteiger partial charge in [0.05, 0.1) is 12.2 Å². The number of ether oxygens (including phenoxy) is 2. The molecule has 5 rings (SSSR count). The van der Waals surface area contributed by atoms with Crippen LogP contribution in [0.25, 0.3) is 0 Å². The summed E-state index contributed by atoms with van der Waals surface area (Å²) in [5.74, 6) is 2.69. The molecule has 3 fully saturated rings. The van der Waals surface area contributed by atoms with E-state index in [1.807, 2.05) is 38.7 Å². The second-order valence-corrected chi connectivity index (χ2v) is 11.8. The zero-order valence-electron chi connectivity index (χ0n) is 23.2. The lowest BCUT2D eigenvalue weighted by molar-refractivity contribution is 0.0204. The predicted octanol–water partition coefficient (Wildman–Crippen LogP) is 5.32. The summed E-state index contributed by atoms with van der Waals surface area (Å²) in [7, 11) is 0. The second kappa shape index (κ2) is 10.5. The van der Waals surface area contributed by atoms with Crippen molar-refractivity contribution in [1.29, 1.82) is 5.41 Å². The normalized spacial score (nSPS) is 21.9. The maximum atomic E-state index is 12.5. The van der Waals surface area contributed by atoms with Crippen LogP contribution >= 0.6 is 0 Å². The van der Waals surface area contributed by atoms with Gasteiger partial charge in [-0.25, -0.2) is 14.8 Å². The fourth-order valence-electron chi connectivity index (χ4n) is 5.83. The topological polar surface area (TPSA) is 104 Å². The molecule has 1 amide bonds. The highest BCUT2D eigenvalue weighted by molar-refractivity contribution is 5.88. The molecule has 2 unspecified atom stereocenters. The van der Waals surface area contributed by atoms with E-state index in [9.17, 15) is 4.79 Å². The van der Waals surface area contributed by atoms with Crippen molar-refractivity contribution in [2.45, 2.75) is 84.0 Å². The summed E-state index contributed by atoms with van der Waals surface area (Å²) in [5, 5.41) is 11.5. The summed E-state index contributed by atoms with van der Waals surface area (Å²) in [6.07, 6.45) is 5.69. The van der Waals surface area contributed by atoms with Gasteiger partial charge in [0.15, 0.2) is 0 Å². The molecule has 0 aliphatic carbocycles. The zero-order valence-corrected chi connectivity index (χ0v) is 23.2. The molecular weight excluding hydrogens is 480 g/mol. The number of benzene rings is 1. The molecule has 1 aromatic heterocycles. The minimum atomic E-state index is -0.492. The van der Waals surface area contributed by atoms with E-state index in [1.165, 1.54) is 11.8 Å². The molecule has 1 aromatic carbocycles. The lowest BCUT2D eigenvalue weighted by Gasteiger charge is -2.34. The van der Waals surface area contributed by atoms with Crippen molar-refractivity contribution in [3.05, 3.63) is 40.7 Å². The largest absolute Gasteiger partial charge is 0.444 e. The van der Waals surface area contributed by atoms with E-state index in [2.05, 4.69) is 34.3 Å². The molecule has 0 saturated carbocycles. The SMILES string of the molecule is Cc1nc(Nc2cc(C3CCN(C(=O)OC(C)(C)C)CC3)c(C)cc2C=N)cc(N2CC3CCC(C2)O3)n1. The molecule has 2 N–H and O–H groups in total. The first kappa shape index (κ1) is 26.4. The lowest BCUT2D eigenvalue weighted by atomic mass is 9.85. The summed E-state index contributed by atoms with van der Waals surface area (Å²) in [6, 6.07) is 6.24. The number of anilines is 3. The molecule has 2 atom stereocenters. The van der Waals surface area contributed by atoms with Crippen LogP contribution < -0.4 is 10.2 Å². The molecule has 2 aromatic rings. The number of rotatable bonds is 5. The first-order valence-corrected chi connectivity index (χ1v) is 13.7. The van der Waals surface area contributed by atoms with Crippen LogP contribution in [0.15, 0.2) is 18.2 Å². The summed E-state index contributed by atoms with van der Waals surface area (Å²) in [6.45, 7) is 12.8. The average molecular weight is 521 g/mol. The van der Waals surface area contributed by atoms with Crippen LogP contribution in [0.5, 0.6) is 0 Å². The minimum Gasteiger partial charge on any atom is -0.444 e. The van der Waals surface area contributed by atoms with Gasteiger partial charge in [0.1, 0.15) is 23.1 Å². The third-order valence-electron chi connectivity index (χ3n) is 7.63. The van der Waals surface area contributed by atoms with E-state index >= 15 is 0 Å². The molecule has 38 heavy (non-hydrogen) atoms. The number of likely N-dealkylation sites (tertiary alicyclic amines) is 1. The van der Waals surface area contributed by atoms with Gasteiger partial charge in [0.25, 0.3) is 0 Å². The highest BCUT2D eigenvalue weighted by Gasteiger charge is 2.34.